The molecule has 0 bridgehead atoms. The summed E-state index contributed by atoms with van der Waals surface area (Å²) in [5.74, 6) is 1.70. The van der Waals surface area contributed by atoms with Gasteiger partial charge in [0.15, 0.2) is 0 Å². The van der Waals surface area contributed by atoms with Crippen LogP contribution < -0.4 is 15.2 Å². The number of rotatable bonds is 4. The number of benzene rings is 1. The molecule has 3 heterocycles. The van der Waals surface area contributed by atoms with Crippen LogP contribution in [0.3, 0.4) is 0 Å². The van der Waals surface area contributed by atoms with Gasteiger partial charge in [0.2, 0.25) is 0 Å². The smallest absolute Gasteiger partial charge is 0.259 e. The van der Waals surface area contributed by atoms with E-state index in [9.17, 15) is 4.79 Å². The van der Waals surface area contributed by atoms with Gasteiger partial charge in [-0.25, -0.2) is 4.98 Å². The maximum atomic E-state index is 12.8. The van der Waals surface area contributed by atoms with E-state index in [2.05, 4.69) is 26.9 Å². The maximum absolute atomic E-state index is 12.8. The SMILES string of the molecule is COc1ccccc1N1CCN(Cc2nc3sc4c(c3c(=O)[nH]2)CCCC4)CC1. The number of thiophene rings is 1. The molecule has 0 radical (unpaired) electrons. The van der Waals surface area contributed by atoms with Crippen molar-refractivity contribution in [3.63, 3.8) is 0 Å². The van der Waals surface area contributed by atoms with Crippen molar-refractivity contribution in [3.05, 3.63) is 50.9 Å². The Hall–Kier alpha value is -2.38. The van der Waals surface area contributed by atoms with Crippen molar-refractivity contribution in [2.24, 2.45) is 0 Å². The highest BCUT2D eigenvalue weighted by Crippen LogP contribution is 2.33. The Balaban J connectivity index is 1.30. The number of fused-ring (bicyclic) bond motifs is 3. The van der Waals surface area contributed by atoms with Crippen LogP contribution in [0.25, 0.3) is 10.2 Å². The van der Waals surface area contributed by atoms with Gasteiger partial charge in [-0.15, -0.1) is 11.3 Å². The maximum Gasteiger partial charge on any atom is 0.259 e. The Morgan fingerprint density at radius 3 is 2.76 bits per heavy atom. The van der Waals surface area contributed by atoms with E-state index in [0.29, 0.717) is 6.54 Å². The molecule has 3 aromatic rings. The first-order valence-corrected chi connectivity index (χ1v) is 11.2. The minimum atomic E-state index is 0.0389. The zero-order valence-electron chi connectivity index (χ0n) is 16.7. The third-order valence-electron chi connectivity index (χ3n) is 6.05. The predicted molar refractivity (Wildman–Crippen MR) is 117 cm³/mol. The van der Waals surface area contributed by atoms with Gasteiger partial charge >= 0.3 is 0 Å². The molecule has 1 aromatic carbocycles. The standard InChI is InChI=1S/C22H26N4O2S/c1-28-17-8-4-3-7-16(17)26-12-10-25(11-13-26)14-19-23-21(27)20-15-6-2-5-9-18(15)29-22(20)24-19/h3-4,7-8H,2,5-6,9-14H2,1H3,(H,23,24,27). The Morgan fingerprint density at radius 2 is 1.93 bits per heavy atom. The van der Waals surface area contributed by atoms with Crippen molar-refractivity contribution < 1.29 is 4.74 Å². The molecule has 0 atom stereocenters. The number of aryl methyl sites for hydroxylation is 2. The lowest BCUT2D eigenvalue weighted by Crippen LogP contribution is -2.46. The van der Waals surface area contributed by atoms with Gasteiger partial charge in [0.25, 0.3) is 5.56 Å². The van der Waals surface area contributed by atoms with Crippen molar-refractivity contribution in [1.82, 2.24) is 14.9 Å². The number of aromatic nitrogens is 2. The van der Waals surface area contributed by atoms with Crippen molar-refractivity contribution in [2.75, 3.05) is 38.2 Å². The monoisotopic (exact) mass is 410 g/mol. The Kier molecular flexibility index (Phi) is 5.01. The number of ether oxygens (including phenoxy) is 1. The number of hydrogen-bond acceptors (Lipinski definition) is 6. The van der Waals surface area contributed by atoms with E-state index in [0.717, 1.165) is 66.5 Å². The van der Waals surface area contributed by atoms with E-state index in [1.165, 1.54) is 23.3 Å². The van der Waals surface area contributed by atoms with Gasteiger partial charge < -0.3 is 14.6 Å². The third kappa shape index (κ3) is 3.53. The highest BCUT2D eigenvalue weighted by Gasteiger charge is 2.22. The summed E-state index contributed by atoms with van der Waals surface area (Å²) in [4.78, 5) is 27.7. The molecular weight excluding hydrogens is 384 g/mol. The molecule has 29 heavy (non-hydrogen) atoms. The third-order valence-corrected chi connectivity index (χ3v) is 7.23. The number of H-pyrrole nitrogens is 1. The number of anilines is 1. The molecule has 0 saturated carbocycles. The number of methoxy groups -OCH3 is 1. The molecule has 152 valence electrons. The van der Waals surface area contributed by atoms with E-state index >= 15 is 0 Å². The average molecular weight is 411 g/mol. The van der Waals surface area contributed by atoms with Gasteiger partial charge in [-0.3, -0.25) is 9.69 Å². The van der Waals surface area contributed by atoms with E-state index in [1.807, 2.05) is 12.1 Å². The van der Waals surface area contributed by atoms with Crippen LogP contribution in [-0.4, -0.2) is 48.2 Å². The van der Waals surface area contributed by atoms with Gasteiger partial charge in [-0.05, 0) is 43.4 Å². The van der Waals surface area contributed by atoms with E-state index in [1.54, 1.807) is 18.4 Å². The summed E-state index contributed by atoms with van der Waals surface area (Å²) in [5, 5.41) is 0.842. The molecule has 0 unspecified atom stereocenters. The molecule has 2 aliphatic rings. The van der Waals surface area contributed by atoms with Crippen LogP contribution in [0.4, 0.5) is 5.69 Å². The second-order valence-corrected chi connectivity index (χ2v) is 8.92. The molecule has 1 aliphatic heterocycles. The molecule has 1 fully saturated rings. The quantitative estimate of drug-likeness (QED) is 0.716. The predicted octanol–water partition coefficient (Wildman–Crippen LogP) is 3.19. The van der Waals surface area contributed by atoms with Crippen LogP contribution in [-0.2, 0) is 19.4 Å². The van der Waals surface area contributed by atoms with Crippen LogP contribution in [0, 0.1) is 0 Å². The molecule has 0 spiro atoms. The van der Waals surface area contributed by atoms with Gasteiger partial charge in [-0.2, -0.15) is 0 Å². The minimum absolute atomic E-state index is 0.0389. The molecule has 2 aromatic heterocycles. The van der Waals surface area contributed by atoms with Crippen LogP contribution in [0.15, 0.2) is 29.1 Å². The number of hydrogen-bond donors (Lipinski definition) is 1. The lowest BCUT2D eigenvalue weighted by Gasteiger charge is -2.36. The summed E-state index contributed by atoms with van der Waals surface area (Å²) in [6.45, 7) is 4.41. The second kappa shape index (κ2) is 7.80. The van der Waals surface area contributed by atoms with Crippen LogP contribution in [0.5, 0.6) is 5.75 Å². The van der Waals surface area contributed by atoms with Crippen molar-refractivity contribution >= 4 is 27.2 Å². The topological polar surface area (TPSA) is 61.5 Å². The molecule has 7 heteroatoms. The molecule has 6 nitrogen and oxygen atoms in total. The van der Waals surface area contributed by atoms with Gasteiger partial charge in [0.1, 0.15) is 16.4 Å². The molecular formula is C22H26N4O2S. The van der Waals surface area contributed by atoms with Crippen LogP contribution >= 0.6 is 11.3 Å². The van der Waals surface area contributed by atoms with Crippen molar-refractivity contribution in [2.45, 2.75) is 32.2 Å². The summed E-state index contributed by atoms with van der Waals surface area (Å²) >= 11 is 1.72. The highest BCUT2D eigenvalue weighted by atomic mass is 32.1. The van der Waals surface area contributed by atoms with Gasteiger partial charge in [-0.1, -0.05) is 12.1 Å². The zero-order valence-corrected chi connectivity index (χ0v) is 17.6. The first-order valence-electron chi connectivity index (χ1n) is 10.4. The minimum Gasteiger partial charge on any atom is -0.495 e. The fourth-order valence-electron chi connectivity index (χ4n) is 4.53. The Labute approximate surface area is 174 Å². The van der Waals surface area contributed by atoms with Gasteiger partial charge in [0.05, 0.1) is 24.7 Å². The summed E-state index contributed by atoms with van der Waals surface area (Å²) < 4.78 is 5.51. The number of para-hydroxylation sites is 2. The molecule has 1 saturated heterocycles. The molecule has 1 N–H and O–H groups in total. The van der Waals surface area contributed by atoms with Crippen LogP contribution in [0.1, 0.15) is 29.1 Å². The zero-order chi connectivity index (χ0) is 19.8. The lowest BCUT2D eigenvalue weighted by atomic mass is 9.97. The number of nitrogens with one attached hydrogen (secondary N) is 1. The molecule has 0 amide bonds. The van der Waals surface area contributed by atoms with E-state index < -0.39 is 0 Å². The number of aromatic amines is 1. The van der Waals surface area contributed by atoms with Crippen LogP contribution in [0.2, 0.25) is 0 Å². The Bertz CT molecular complexity index is 1080. The average Bonchev–Trinajstić information content (AvgIpc) is 3.13. The van der Waals surface area contributed by atoms with Crippen molar-refractivity contribution in [1.29, 1.82) is 0 Å². The summed E-state index contributed by atoms with van der Waals surface area (Å²) in [7, 11) is 1.72. The van der Waals surface area contributed by atoms with Crippen molar-refractivity contribution in [3.8, 4) is 5.75 Å². The fourth-order valence-corrected chi connectivity index (χ4v) is 5.81. The van der Waals surface area contributed by atoms with E-state index in [4.69, 9.17) is 9.72 Å². The normalized spacial score (nSPS) is 17.5. The fraction of sp³-hybridized carbons (Fsp3) is 0.455. The molecule has 1 aliphatic carbocycles. The van der Waals surface area contributed by atoms with E-state index in [-0.39, 0.29) is 5.56 Å². The lowest BCUT2D eigenvalue weighted by molar-refractivity contribution is 0.243. The first kappa shape index (κ1) is 18.6. The highest BCUT2D eigenvalue weighted by molar-refractivity contribution is 7.18. The van der Waals surface area contributed by atoms with Gasteiger partial charge in [0, 0.05) is 31.1 Å². The number of piperazine rings is 1. The first-order chi connectivity index (χ1) is 14.2. The summed E-state index contributed by atoms with van der Waals surface area (Å²) in [6.07, 6.45) is 4.51. The molecule has 5 rings (SSSR count). The largest absolute Gasteiger partial charge is 0.495 e. The summed E-state index contributed by atoms with van der Waals surface area (Å²) in [5.41, 5.74) is 2.44. The summed E-state index contributed by atoms with van der Waals surface area (Å²) in [6, 6.07) is 8.17. The Morgan fingerprint density at radius 1 is 1.14 bits per heavy atom. The number of nitrogens with zero attached hydrogens (tertiary/aromatic N) is 3. The second-order valence-electron chi connectivity index (χ2n) is 7.84.